The van der Waals surface area contributed by atoms with Crippen molar-refractivity contribution in [2.24, 2.45) is 40.4 Å². The summed E-state index contributed by atoms with van der Waals surface area (Å²) in [5.41, 5.74) is 0.182. The number of likely N-dealkylation sites (tertiary alicyclic amines) is 1. The zero-order chi connectivity index (χ0) is 24.8. The van der Waals surface area contributed by atoms with Crippen LogP contribution < -0.4 is 5.32 Å². The summed E-state index contributed by atoms with van der Waals surface area (Å²) in [5.74, 6) is 2.12. The largest absolute Gasteiger partial charge is 0.464 e. The van der Waals surface area contributed by atoms with Gasteiger partial charge in [0.25, 0.3) is 0 Å². The Bertz CT molecular complexity index is 812. The molecule has 1 N–H and O–H groups in total. The standard InChI is InChI=1S/C28H46N2O4/c1-7-34-26(33)22(16-17(2)3)29-25(32)21-10-9-19-18-8-11-23-28(5,15-13-24(31)30(23)6)20(18)12-14-27(19,21)4/h17-23H,7-16H2,1-6H3,(H,29,32)/t18-,19-,20-,21+,22-,23+,27-,28+/m0/s1. The van der Waals surface area contributed by atoms with Crippen molar-refractivity contribution in [1.82, 2.24) is 10.2 Å². The van der Waals surface area contributed by atoms with Crippen LogP contribution in [0.5, 0.6) is 0 Å². The molecule has 1 saturated heterocycles. The minimum atomic E-state index is -0.559. The number of esters is 1. The molecule has 0 aromatic carbocycles. The molecule has 4 fully saturated rings. The van der Waals surface area contributed by atoms with Gasteiger partial charge in [-0.1, -0.05) is 27.7 Å². The highest BCUT2D eigenvalue weighted by atomic mass is 16.5. The summed E-state index contributed by atoms with van der Waals surface area (Å²) in [7, 11) is 2.00. The van der Waals surface area contributed by atoms with Gasteiger partial charge in [-0.2, -0.15) is 0 Å². The first kappa shape index (κ1) is 25.5. The van der Waals surface area contributed by atoms with E-state index < -0.39 is 6.04 Å². The van der Waals surface area contributed by atoms with Gasteiger partial charge in [0.15, 0.2) is 0 Å². The molecule has 34 heavy (non-hydrogen) atoms. The lowest BCUT2D eigenvalue weighted by Crippen LogP contribution is -2.61. The van der Waals surface area contributed by atoms with Gasteiger partial charge < -0.3 is 15.0 Å². The maximum absolute atomic E-state index is 13.6. The van der Waals surface area contributed by atoms with Crippen LogP contribution >= 0.6 is 0 Å². The van der Waals surface area contributed by atoms with Gasteiger partial charge in [-0.25, -0.2) is 4.79 Å². The first-order valence-electron chi connectivity index (χ1n) is 13.8. The van der Waals surface area contributed by atoms with E-state index >= 15 is 0 Å². The van der Waals surface area contributed by atoms with Crippen LogP contribution in [0.15, 0.2) is 0 Å². The van der Waals surface area contributed by atoms with Crippen molar-refractivity contribution in [3.8, 4) is 0 Å². The predicted molar refractivity (Wildman–Crippen MR) is 132 cm³/mol. The van der Waals surface area contributed by atoms with Crippen molar-refractivity contribution in [3.05, 3.63) is 0 Å². The van der Waals surface area contributed by atoms with Crippen molar-refractivity contribution >= 4 is 17.8 Å². The van der Waals surface area contributed by atoms with E-state index in [1.54, 1.807) is 0 Å². The van der Waals surface area contributed by atoms with Crippen molar-refractivity contribution in [1.29, 1.82) is 0 Å². The van der Waals surface area contributed by atoms with E-state index in [-0.39, 0.29) is 28.6 Å². The molecule has 0 spiro atoms. The summed E-state index contributed by atoms with van der Waals surface area (Å²) in [4.78, 5) is 40.5. The number of ether oxygens (including phenoxy) is 1. The van der Waals surface area contributed by atoms with Crippen LogP contribution in [0.3, 0.4) is 0 Å². The fraction of sp³-hybridized carbons (Fsp3) is 0.893. The molecule has 3 aliphatic carbocycles. The Morgan fingerprint density at radius 2 is 1.76 bits per heavy atom. The maximum atomic E-state index is 13.6. The summed E-state index contributed by atoms with van der Waals surface area (Å²) in [6.45, 7) is 11.1. The Balaban J connectivity index is 1.50. The number of hydrogen-bond acceptors (Lipinski definition) is 4. The Kier molecular flexibility index (Phi) is 7.10. The van der Waals surface area contributed by atoms with Gasteiger partial charge >= 0.3 is 5.97 Å². The molecule has 1 aliphatic heterocycles. The highest BCUT2D eigenvalue weighted by Crippen LogP contribution is 2.66. The summed E-state index contributed by atoms with van der Waals surface area (Å²) < 4.78 is 5.27. The average Bonchev–Trinajstić information content (AvgIpc) is 3.13. The Morgan fingerprint density at radius 1 is 1.06 bits per heavy atom. The van der Waals surface area contributed by atoms with Crippen LogP contribution in [-0.2, 0) is 19.1 Å². The molecule has 2 amide bonds. The fourth-order valence-corrected chi connectivity index (χ4v) is 8.78. The smallest absolute Gasteiger partial charge is 0.328 e. The molecule has 4 rings (SSSR count). The summed E-state index contributed by atoms with van der Waals surface area (Å²) in [5, 5.41) is 3.11. The zero-order valence-corrected chi connectivity index (χ0v) is 22.2. The van der Waals surface area contributed by atoms with Crippen molar-refractivity contribution in [2.45, 2.75) is 104 Å². The van der Waals surface area contributed by atoms with Crippen LogP contribution in [0, 0.1) is 40.4 Å². The summed E-state index contributed by atoms with van der Waals surface area (Å²) >= 11 is 0. The minimum Gasteiger partial charge on any atom is -0.464 e. The van der Waals surface area contributed by atoms with E-state index in [1.807, 2.05) is 18.9 Å². The van der Waals surface area contributed by atoms with E-state index in [1.165, 1.54) is 0 Å². The zero-order valence-electron chi connectivity index (χ0n) is 22.2. The molecule has 1 heterocycles. The first-order valence-corrected chi connectivity index (χ1v) is 13.8. The molecule has 0 bridgehead atoms. The van der Waals surface area contributed by atoms with Crippen LogP contribution in [0.2, 0.25) is 0 Å². The molecule has 0 unspecified atom stereocenters. The summed E-state index contributed by atoms with van der Waals surface area (Å²) in [6, 6.07) is -0.197. The molecule has 8 atom stereocenters. The van der Waals surface area contributed by atoms with Gasteiger partial charge in [-0.15, -0.1) is 0 Å². The van der Waals surface area contributed by atoms with Gasteiger partial charge in [-0.05, 0) is 92.8 Å². The molecule has 0 aromatic rings. The van der Waals surface area contributed by atoms with Crippen molar-refractivity contribution in [2.75, 3.05) is 13.7 Å². The first-order chi connectivity index (χ1) is 16.0. The quantitative estimate of drug-likeness (QED) is 0.573. The molecule has 6 nitrogen and oxygen atoms in total. The second-order valence-electron chi connectivity index (χ2n) is 12.6. The number of carbonyl (C=O) groups excluding carboxylic acids is 3. The number of nitrogens with one attached hydrogen (secondary N) is 1. The number of nitrogens with zero attached hydrogens (tertiary/aromatic N) is 1. The number of fused-ring (bicyclic) bond motifs is 5. The van der Waals surface area contributed by atoms with E-state index in [4.69, 9.17) is 4.74 Å². The maximum Gasteiger partial charge on any atom is 0.328 e. The van der Waals surface area contributed by atoms with Gasteiger partial charge in [0.1, 0.15) is 6.04 Å². The molecule has 0 aromatic heterocycles. The topological polar surface area (TPSA) is 75.7 Å². The Morgan fingerprint density at radius 3 is 2.44 bits per heavy atom. The third kappa shape index (κ3) is 4.17. The third-order valence-electron chi connectivity index (χ3n) is 10.5. The number of amides is 2. The van der Waals surface area contributed by atoms with Crippen LogP contribution in [-0.4, -0.2) is 48.4 Å². The van der Waals surface area contributed by atoms with Crippen LogP contribution in [0.25, 0.3) is 0 Å². The molecule has 3 saturated carbocycles. The normalized spacial score (nSPS) is 40.3. The monoisotopic (exact) mass is 474 g/mol. The van der Waals surface area contributed by atoms with Crippen molar-refractivity contribution in [3.63, 3.8) is 0 Å². The SMILES string of the molecule is CCOC(=O)[C@H](CC(C)C)NC(=O)[C@H]1CC[C@H]2[C@@H]3CC[C@H]4N(C)C(=O)CC[C@]4(C)[C@H]3CC[C@]12C. The van der Waals surface area contributed by atoms with E-state index in [9.17, 15) is 14.4 Å². The van der Waals surface area contributed by atoms with Gasteiger partial charge in [0.05, 0.1) is 6.61 Å². The molecule has 0 radical (unpaired) electrons. The molecular weight excluding hydrogens is 428 g/mol. The Labute approximate surface area is 205 Å². The van der Waals surface area contributed by atoms with E-state index in [0.717, 1.165) is 44.9 Å². The van der Waals surface area contributed by atoms with Crippen molar-refractivity contribution < 1.29 is 19.1 Å². The van der Waals surface area contributed by atoms with E-state index in [2.05, 4.69) is 33.0 Å². The second-order valence-corrected chi connectivity index (χ2v) is 12.6. The van der Waals surface area contributed by atoms with Gasteiger partial charge in [-0.3, -0.25) is 9.59 Å². The minimum absolute atomic E-state index is 0.0120. The lowest BCUT2D eigenvalue weighted by atomic mass is 9.47. The average molecular weight is 475 g/mol. The Hall–Kier alpha value is -1.59. The van der Waals surface area contributed by atoms with Crippen LogP contribution in [0.4, 0.5) is 0 Å². The predicted octanol–water partition coefficient (Wildman–Crippen LogP) is 4.56. The molecule has 192 valence electrons. The molecular formula is C28H46N2O4. The van der Waals surface area contributed by atoms with Gasteiger partial charge in [0, 0.05) is 25.4 Å². The van der Waals surface area contributed by atoms with Gasteiger partial charge in [0.2, 0.25) is 11.8 Å². The number of hydrogen-bond donors (Lipinski definition) is 1. The third-order valence-corrected chi connectivity index (χ3v) is 10.5. The number of rotatable bonds is 6. The highest BCUT2D eigenvalue weighted by Gasteiger charge is 2.62. The molecule has 6 heteroatoms. The summed E-state index contributed by atoms with van der Waals surface area (Å²) in [6.07, 6.45) is 8.74. The fourth-order valence-electron chi connectivity index (χ4n) is 8.78. The second kappa shape index (κ2) is 9.46. The number of carbonyl (C=O) groups is 3. The molecule has 4 aliphatic rings. The lowest BCUT2D eigenvalue weighted by Gasteiger charge is -2.61. The lowest BCUT2D eigenvalue weighted by molar-refractivity contribution is -0.160. The highest BCUT2D eigenvalue weighted by molar-refractivity contribution is 5.86. The number of piperidine rings is 1. The van der Waals surface area contributed by atoms with Crippen LogP contribution in [0.1, 0.15) is 92.4 Å². The van der Waals surface area contributed by atoms with E-state index in [0.29, 0.717) is 55.1 Å².